The Morgan fingerprint density at radius 1 is 1.07 bits per heavy atom. The monoisotopic (exact) mass is 407 g/mol. The Morgan fingerprint density at radius 2 is 1.75 bits per heavy atom. The summed E-state index contributed by atoms with van der Waals surface area (Å²) in [6.07, 6.45) is 4.59. The second-order valence-corrected chi connectivity index (χ2v) is 7.64. The van der Waals surface area contributed by atoms with Crippen molar-refractivity contribution in [1.29, 1.82) is 0 Å². The Bertz CT molecular complexity index is 862. The standard InChI is InChI=1S/C18H21N3O6S/c1-3-20-15(23)16(24)21(18(20)26)9-12(22)19-14-13(17(25)27-2)10-7-5-4-6-8-11(10)28-14/h3-9H2,1-2H3,(H,19,22). The molecule has 1 saturated heterocycles. The molecule has 0 saturated carbocycles. The molecule has 1 aromatic rings. The van der Waals surface area contributed by atoms with E-state index in [1.165, 1.54) is 18.4 Å². The fourth-order valence-corrected chi connectivity index (χ4v) is 4.72. The normalized spacial score (nSPS) is 16.9. The zero-order valence-corrected chi connectivity index (χ0v) is 16.5. The number of urea groups is 1. The molecule has 0 spiro atoms. The number of thiophene rings is 1. The van der Waals surface area contributed by atoms with Crippen LogP contribution in [0.25, 0.3) is 0 Å². The van der Waals surface area contributed by atoms with Crippen LogP contribution in [0.3, 0.4) is 0 Å². The molecule has 1 fully saturated rings. The third-order valence-corrected chi connectivity index (χ3v) is 6.02. The van der Waals surface area contributed by atoms with Gasteiger partial charge in [0, 0.05) is 11.4 Å². The molecule has 0 bridgehead atoms. The predicted molar refractivity (Wildman–Crippen MR) is 100 cm³/mol. The van der Waals surface area contributed by atoms with E-state index in [9.17, 15) is 24.0 Å². The van der Waals surface area contributed by atoms with Crippen molar-refractivity contribution in [3.05, 3.63) is 16.0 Å². The summed E-state index contributed by atoms with van der Waals surface area (Å²) in [6.45, 7) is 1.02. The molecule has 1 aliphatic heterocycles. The number of hydrogen-bond acceptors (Lipinski definition) is 7. The van der Waals surface area contributed by atoms with Gasteiger partial charge in [-0.1, -0.05) is 6.42 Å². The van der Waals surface area contributed by atoms with Crippen LogP contribution in [-0.4, -0.2) is 59.7 Å². The third kappa shape index (κ3) is 3.51. The van der Waals surface area contributed by atoms with Gasteiger partial charge >= 0.3 is 23.8 Å². The average molecular weight is 407 g/mol. The number of nitrogens with zero attached hydrogens (tertiary/aromatic N) is 2. The molecule has 2 aliphatic rings. The molecule has 10 heteroatoms. The Hall–Kier alpha value is -2.75. The number of hydrogen-bond donors (Lipinski definition) is 1. The van der Waals surface area contributed by atoms with Crippen molar-refractivity contribution < 1.29 is 28.7 Å². The molecule has 1 aliphatic carbocycles. The van der Waals surface area contributed by atoms with Gasteiger partial charge in [0.25, 0.3) is 0 Å². The van der Waals surface area contributed by atoms with E-state index in [4.69, 9.17) is 4.74 Å². The number of esters is 1. The summed E-state index contributed by atoms with van der Waals surface area (Å²) in [6, 6.07) is -0.817. The molecule has 1 aromatic heterocycles. The lowest BCUT2D eigenvalue weighted by Gasteiger charge is -2.14. The summed E-state index contributed by atoms with van der Waals surface area (Å²) < 4.78 is 4.88. The van der Waals surface area contributed by atoms with Gasteiger partial charge in [0.15, 0.2) is 0 Å². The van der Waals surface area contributed by atoms with Crippen LogP contribution in [0, 0.1) is 0 Å². The highest BCUT2D eigenvalue weighted by atomic mass is 32.1. The first kappa shape index (κ1) is 20.0. The van der Waals surface area contributed by atoms with Crippen LogP contribution in [0.15, 0.2) is 0 Å². The van der Waals surface area contributed by atoms with E-state index in [0.29, 0.717) is 15.5 Å². The molecule has 150 valence electrons. The molecule has 28 heavy (non-hydrogen) atoms. The van der Waals surface area contributed by atoms with Gasteiger partial charge in [0.1, 0.15) is 11.5 Å². The number of nitrogens with one attached hydrogen (secondary N) is 1. The van der Waals surface area contributed by atoms with Gasteiger partial charge in [-0.15, -0.1) is 11.3 Å². The fraction of sp³-hybridized carbons (Fsp3) is 0.500. The molecule has 0 atom stereocenters. The Morgan fingerprint density at radius 3 is 2.39 bits per heavy atom. The number of imide groups is 2. The van der Waals surface area contributed by atoms with Crippen LogP contribution in [-0.2, 0) is 32.0 Å². The number of rotatable bonds is 5. The minimum atomic E-state index is -1.03. The van der Waals surface area contributed by atoms with Crippen molar-refractivity contribution in [2.75, 3.05) is 25.5 Å². The SMILES string of the molecule is CCN1C(=O)C(=O)N(CC(=O)Nc2sc3c(c2C(=O)OC)CCCCC3)C1=O. The second-order valence-electron chi connectivity index (χ2n) is 6.53. The third-order valence-electron chi connectivity index (χ3n) is 4.82. The smallest absolute Gasteiger partial charge is 0.341 e. The second kappa shape index (κ2) is 8.09. The van der Waals surface area contributed by atoms with E-state index >= 15 is 0 Å². The number of ether oxygens (including phenoxy) is 1. The Labute approximate surface area is 165 Å². The summed E-state index contributed by atoms with van der Waals surface area (Å²) in [5.74, 6) is -3.17. The summed E-state index contributed by atoms with van der Waals surface area (Å²) in [4.78, 5) is 63.0. The quantitative estimate of drug-likeness (QED) is 0.343. The summed E-state index contributed by atoms with van der Waals surface area (Å²) in [5, 5.41) is 2.97. The first-order valence-corrected chi connectivity index (χ1v) is 9.90. The molecule has 2 heterocycles. The van der Waals surface area contributed by atoms with E-state index in [1.807, 2.05) is 0 Å². The van der Waals surface area contributed by atoms with Crippen molar-refractivity contribution in [1.82, 2.24) is 9.80 Å². The highest BCUT2D eigenvalue weighted by Gasteiger charge is 2.44. The van der Waals surface area contributed by atoms with Crippen LogP contribution in [0.1, 0.15) is 47.0 Å². The van der Waals surface area contributed by atoms with Crippen LogP contribution in [0.5, 0.6) is 0 Å². The molecule has 9 nitrogen and oxygen atoms in total. The zero-order chi connectivity index (χ0) is 20.4. The lowest BCUT2D eigenvalue weighted by Crippen LogP contribution is -2.39. The molecule has 1 N–H and O–H groups in total. The van der Waals surface area contributed by atoms with E-state index in [-0.39, 0.29) is 6.54 Å². The maximum Gasteiger partial charge on any atom is 0.341 e. The topological polar surface area (TPSA) is 113 Å². The van der Waals surface area contributed by atoms with Gasteiger partial charge in [0.05, 0.1) is 12.7 Å². The van der Waals surface area contributed by atoms with E-state index in [0.717, 1.165) is 47.4 Å². The maximum absolute atomic E-state index is 12.5. The lowest BCUT2D eigenvalue weighted by atomic mass is 10.1. The van der Waals surface area contributed by atoms with Gasteiger partial charge in [-0.05, 0) is 38.2 Å². The average Bonchev–Trinajstić information content (AvgIpc) is 2.97. The minimum absolute atomic E-state index is 0.0473. The zero-order valence-electron chi connectivity index (χ0n) is 15.7. The van der Waals surface area contributed by atoms with Crippen LogP contribution in [0.2, 0.25) is 0 Å². The van der Waals surface area contributed by atoms with Crippen molar-refractivity contribution in [2.45, 2.75) is 39.0 Å². The maximum atomic E-state index is 12.5. The van der Waals surface area contributed by atoms with Crippen LogP contribution >= 0.6 is 11.3 Å². The number of aryl methyl sites for hydroxylation is 1. The molecule has 0 aromatic carbocycles. The summed E-state index contributed by atoms with van der Waals surface area (Å²) in [7, 11) is 1.28. The van der Waals surface area contributed by atoms with E-state index < -0.39 is 36.3 Å². The van der Waals surface area contributed by atoms with Gasteiger partial charge in [-0.25, -0.2) is 14.5 Å². The molecule has 0 unspecified atom stereocenters. The van der Waals surface area contributed by atoms with Crippen LogP contribution < -0.4 is 5.32 Å². The van der Waals surface area contributed by atoms with Gasteiger partial charge in [-0.2, -0.15) is 0 Å². The van der Waals surface area contributed by atoms with E-state index in [1.54, 1.807) is 6.92 Å². The van der Waals surface area contributed by atoms with Crippen molar-refractivity contribution in [3.8, 4) is 0 Å². The molecule has 0 radical (unpaired) electrons. The number of fused-ring (bicyclic) bond motifs is 1. The highest BCUT2D eigenvalue weighted by molar-refractivity contribution is 7.17. The number of amides is 5. The van der Waals surface area contributed by atoms with Gasteiger partial charge in [0.2, 0.25) is 5.91 Å². The first-order valence-electron chi connectivity index (χ1n) is 9.09. The van der Waals surface area contributed by atoms with Crippen molar-refractivity contribution >= 4 is 46.1 Å². The number of anilines is 1. The number of carbonyl (C=O) groups excluding carboxylic acids is 5. The Balaban J connectivity index is 1.81. The molecule has 3 rings (SSSR count). The minimum Gasteiger partial charge on any atom is -0.465 e. The molecule has 5 amide bonds. The summed E-state index contributed by atoms with van der Waals surface area (Å²) in [5.41, 5.74) is 1.23. The first-order chi connectivity index (χ1) is 13.4. The number of methoxy groups -OCH3 is 1. The van der Waals surface area contributed by atoms with E-state index in [2.05, 4.69) is 5.32 Å². The number of carbonyl (C=O) groups is 5. The highest BCUT2D eigenvalue weighted by Crippen LogP contribution is 2.38. The molecular weight excluding hydrogens is 386 g/mol. The van der Waals surface area contributed by atoms with Crippen LogP contribution in [0.4, 0.5) is 9.80 Å². The molecular formula is C18H21N3O6S. The predicted octanol–water partition coefficient (Wildman–Crippen LogP) is 1.55. The van der Waals surface area contributed by atoms with Crippen molar-refractivity contribution in [2.24, 2.45) is 0 Å². The fourth-order valence-electron chi connectivity index (χ4n) is 3.43. The van der Waals surface area contributed by atoms with Gasteiger partial charge < -0.3 is 10.1 Å². The summed E-state index contributed by atoms with van der Waals surface area (Å²) >= 11 is 1.31. The largest absolute Gasteiger partial charge is 0.465 e. The Kier molecular flexibility index (Phi) is 5.78. The number of likely N-dealkylation sites (N-methyl/N-ethyl adjacent to an activating group) is 1. The van der Waals surface area contributed by atoms with Crippen molar-refractivity contribution in [3.63, 3.8) is 0 Å². The van der Waals surface area contributed by atoms with Gasteiger partial charge in [-0.3, -0.25) is 19.3 Å². The lowest BCUT2D eigenvalue weighted by molar-refractivity contribution is -0.143.